The summed E-state index contributed by atoms with van der Waals surface area (Å²) >= 11 is 0. The second-order valence-corrected chi connectivity index (χ2v) is 4.69. The Balaban J connectivity index is 2.54. The summed E-state index contributed by atoms with van der Waals surface area (Å²) in [5, 5.41) is 17.7. The lowest BCUT2D eigenvalue weighted by Crippen LogP contribution is -2.48. The molecule has 3 N–H and O–H groups in total. The second-order valence-electron chi connectivity index (χ2n) is 4.69. The number of rotatable bonds is 5. The number of hydrogen-bond acceptors (Lipinski definition) is 4. The summed E-state index contributed by atoms with van der Waals surface area (Å²) in [5.41, 5.74) is 1.50. The summed E-state index contributed by atoms with van der Waals surface area (Å²) in [7, 11) is 0. The van der Waals surface area contributed by atoms with Crippen molar-refractivity contribution in [2.45, 2.75) is 40.3 Å². The first-order valence-electron chi connectivity index (χ1n) is 6.01. The minimum atomic E-state index is -1.05. The van der Waals surface area contributed by atoms with Crippen LogP contribution < -0.4 is 10.6 Å². The van der Waals surface area contributed by atoms with Gasteiger partial charge in [0.1, 0.15) is 11.8 Å². The number of carbonyl (C=O) groups excluding carboxylic acids is 1. The summed E-state index contributed by atoms with van der Waals surface area (Å²) in [6.07, 6.45) is 0. The van der Waals surface area contributed by atoms with Crippen LogP contribution in [0.4, 0.5) is 4.79 Å². The van der Waals surface area contributed by atoms with Crippen LogP contribution in [0.1, 0.15) is 30.9 Å². The quantitative estimate of drug-likeness (QED) is 0.745. The Kier molecular flexibility index (Phi) is 4.91. The topological polar surface area (TPSA) is 104 Å². The van der Waals surface area contributed by atoms with Gasteiger partial charge in [0.2, 0.25) is 0 Å². The summed E-state index contributed by atoms with van der Waals surface area (Å²) in [6.45, 7) is 7.24. The van der Waals surface area contributed by atoms with E-state index in [1.165, 1.54) is 0 Å². The number of carbonyl (C=O) groups is 2. The molecule has 0 unspecified atom stereocenters. The third-order valence-corrected chi connectivity index (χ3v) is 2.83. The standard InChI is InChI=1S/C12H19N3O4/c1-6(2)10(11(16)17)14-12(18)13-5-9-7(3)15-19-8(9)4/h6,10H,5H2,1-4H3,(H,16,17)(H2,13,14,18)/t10-/m0/s1. The third-order valence-electron chi connectivity index (χ3n) is 2.83. The van der Waals surface area contributed by atoms with Crippen LogP contribution in [0.3, 0.4) is 0 Å². The normalized spacial score (nSPS) is 12.3. The number of carboxylic acids is 1. The molecule has 1 aromatic heterocycles. The maximum atomic E-state index is 11.6. The summed E-state index contributed by atoms with van der Waals surface area (Å²) in [6, 6.07) is -1.44. The second kappa shape index (κ2) is 6.21. The Bertz CT molecular complexity index is 448. The van der Waals surface area contributed by atoms with Gasteiger partial charge < -0.3 is 20.3 Å². The van der Waals surface area contributed by atoms with E-state index in [1.807, 2.05) is 0 Å². The number of nitrogens with zero attached hydrogens (tertiary/aromatic N) is 1. The molecule has 0 aliphatic carbocycles. The zero-order valence-electron chi connectivity index (χ0n) is 11.5. The number of amides is 2. The van der Waals surface area contributed by atoms with Gasteiger partial charge in [-0.2, -0.15) is 0 Å². The highest BCUT2D eigenvalue weighted by Gasteiger charge is 2.23. The van der Waals surface area contributed by atoms with E-state index in [0.29, 0.717) is 11.5 Å². The smallest absolute Gasteiger partial charge is 0.326 e. The molecule has 0 fully saturated rings. The highest BCUT2D eigenvalue weighted by molar-refractivity contribution is 5.82. The molecule has 7 nitrogen and oxygen atoms in total. The SMILES string of the molecule is Cc1noc(C)c1CNC(=O)N[C@H](C(=O)O)C(C)C. The molecule has 0 aromatic carbocycles. The monoisotopic (exact) mass is 269 g/mol. The van der Waals surface area contributed by atoms with Crippen molar-refractivity contribution in [3.05, 3.63) is 17.0 Å². The van der Waals surface area contributed by atoms with Gasteiger partial charge in [-0.25, -0.2) is 9.59 Å². The zero-order valence-corrected chi connectivity index (χ0v) is 11.5. The van der Waals surface area contributed by atoms with Crippen molar-refractivity contribution < 1.29 is 19.2 Å². The van der Waals surface area contributed by atoms with E-state index in [-0.39, 0.29) is 12.5 Å². The van der Waals surface area contributed by atoms with Gasteiger partial charge in [0.15, 0.2) is 0 Å². The lowest BCUT2D eigenvalue weighted by Gasteiger charge is -2.18. The first kappa shape index (κ1) is 15.0. The average molecular weight is 269 g/mol. The molecular weight excluding hydrogens is 250 g/mol. The van der Waals surface area contributed by atoms with Gasteiger partial charge in [-0.1, -0.05) is 19.0 Å². The lowest BCUT2D eigenvalue weighted by molar-refractivity contribution is -0.140. The molecule has 0 saturated carbocycles. The molecule has 106 valence electrons. The molecule has 0 aliphatic rings. The number of hydrogen-bond donors (Lipinski definition) is 3. The average Bonchev–Trinajstić information content (AvgIpc) is 2.62. The van der Waals surface area contributed by atoms with Gasteiger partial charge in [0.05, 0.1) is 5.69 Å². The number of aromatic nitrogens is 1. The Morgan fingerprint density at radius 3 is 2.42 bits per heavy atom. The summed E-state index contributed by atoms with van der Waals surface area (Å²) in [4.78, 5) is 22.6. The molecule has 19 heavy (non-hydrogen) atoms. The number of urea groups is 1. The molecule has 0 aliphatic heterocycles. The molecule has 1 atom stereocenters. The van der Waals surface area contributed by atoms with Crippen LogP contribution in [0, 0.1) is 19.8 Å². The van der Waals surface area contributed by atoms with Gasteiger partial charge >= 0.3 is 12.0 Å². The zero-order chi connectivity index (χ0) is 14.6. The van der Waals surface area contributed by atoms with Crippen molar-refractivity contribution in [2.75, 3.05) is 0 Å². The molecular formula is C12H19N3O4. The maximum Gasteiger partial charge on any atom is 0.326 e. The number of carboxylic acid groups (broad SMARTS) is 1. The summed E-state index contributed by atoms with van der Waals surface area (Å²) < 4.78 is 4.97. The minimum absolute atomic E-state index is 0.192. The minimum Gasteiger partial charge on any atom is -0.480 e. The molecule has 1 aromatic rings. The largest absolute Gasteiger partial charge is 0.480 e. The van der Waals surface area contributed by atoms with Crippen LogP contribution in [-0.2, 0) is 11.3 Å². The third kappa shape index (κ3) is 3.97. The van der Waals surface area contributed by atoms with E-state index in [2.05, 4.69) is 15.8 Å². The van der Waals surface area contributed by atoms with E-state index in [9.17, 15) is 9.59 Å². The first-order valence-corrected chi connectivity index (χ1v) is 6.01. The predicted octanol–water partition coefficient (Wildman–Crippen LogP) is 1.20. The fraction of sp³-hybridized carbons (Fsp3) is 0.583. The van der Waals surface area contributed by atoms with Gasteiger partial charge in [-0.3, -0.25) is 0 Å². The van der Waals surface area contributed by atoms with Crippen molar-refractivity contribution in [3.8, 4) is 0 Å². The highest BCUT2D eigenvalue weighted by atomic mass is 16.5. The van der Waals surface area contributed by atoms with Crippen molar-refractivity contribution >= 4 is 12.0 Å². The van der Waals surface area contributed by atoms with Crippen molar-refractivity contribution in [1.29, 1.82) is 0 Å². The van der Waals surface area contributed by atoms with E-state index in [0.717, 1.165) is 5.56 Å². The van der Waals surface area contributed by atoms with E-state index in [1.54, 1.807) is 27.7 Å². The van der Waals surface area contributed by atoms with Gasteiger partial charge in [-0.15, -0.1) is 0 Å². The Morgan fingerprint density at radius 1 is 1.37 bits per heavy atom. The fourth-order valence-corrected chi connectivity index (χ4v) is 1.63. The summed E-state index contributed by atoms with van der Waals surface area (Å²) in [5.74, 6) is -0.610. The maximum absolute atomic E-state index is 11.6. The predicted molar refractivity (Wildman–Crippen MR) is 67.6 cm³/mol. The molecule has 1 heterocycles. The Morgan fingerprint density at radius 2 is 2.00 bits per heavy atom. The lowest BCUT2D eigenvalue weighted by atomic mass is 10.1. The number of aryl methyl sites for hydroxylation is 2. The van der Waals surface area contributed by atoms with E-state index >= 15 is 0 Å². The Hall–Kier alpha value is -2.05. The van der Waals surface area contributed by atoms with Crippen molar-refractivity contribution in [3.63, 3.8) is 0 Å². The number of nitrogens with one attached hydrogen (secondary N) is 2. The van der Waals surface area contributed by atoms with Crippen LogP contribution in [0.15, 0.2) is 4.52 Å². The van der Waals surface area contributed by atoms with Gasteiger partial charge in [-0.05, 0) is 19.8 Å². The fourth-order valence-electron chi connectivity index (χ4n) is 1.63. The van der Waals surface area contributed by atoms with Crippen LogP contribution >= 0.6 is 0 Å². The van der Waals surface area contributed by atoms with Crippen LogP contribution in [-0.4, -0.2) is 28.3 Å². The molecule has 1 rings (SSSR count). The molecule has 7 heteroatoms. The molecule has 0 radical (unpaired) electrons. The van der Waals surface area contributed by atoms with E-state index < -0.39 is 18.0 Å². The van der Waals surface area contributed by atoms with Crippen LogP contribution in [0.2, 0.25) is 0 Å². The molecule has 0 bridgehead atoms. The molecule has 0 saturated heterocycles. The van der Waals surface area contributed by atoms with Crippen molar-refractivity contribution in [2.24, 2.45) is 5.92 Å². The molecule has 0 spiro atoms. The van der Waals surface area contributed by atoms with Crippen LogP contribution in [0.25, 0.3) is 0 Å². The molecule has 2 amide bonds. The number of aliphatic carboxylic acids is 1. The van der Waals surface area contributed by atoms with Crippen molar-refractivity contribution in [1.82, 2.24) is 15.8 Å². The Labute approximate surface area is 111 Å². The van der Waals surface area contributed by atoms with Gasteiger partial charge in [0, 0.05) is 12.1 Å². The van der Waals surface area contributed by atoms with Crippen LogP contribution in [0.5, 0.6) is 0 Å². The van der Waals surface area contributed by atoms with E-state index in [4.69, 9.17) is 9.63 Å². The first-order chi connectivity index (χ1) is 8.82. The highest BCUT2D eigenvalue weighted by Crippen LogP contribution is 2.11. The van der Waals surface area contributed by atoms with Gasteiger partial charge in [0.25, 0.3) is 0 Å².